The molecule has 12 heteroatoms. The number of primary sulfonamides is 1. The number of hydrogen-bond acceptors (Lipinski definition) is 7. The summed E-state index contributed by atoms with van der Waals surface area (Å²) in [4.78, 5) is 27.2. The predicted molar refractivity (Wildman–Crippen MR) is 114 cm³/mol. The number of nitrogens with zero attached hydrogens (tertiary/aromatic N) is 3. The van der Waals surface area contributed by atoms with Crippen molar-refractivity contribution in [1.82, 2.24) is 9.55 Å². The van der Waals surface area contributed by atoms with E-state index >= 15 is 0 Å². The van der Waals surface area contributed by atoms with E-state index in [9.17, 15) is 23.3 Å². The Hall–Kier alpha value is -2.96. The maximum absolute atomic E-state index is 12.4. The lowest BCUT2D eigenvalue weighted by Gasteiger charge is -2.09. The zero-order valence-corrected chi connectivity index (χ0v) is 17.8. The van der Waals surface area contributed by atoms with Crippen LogP contribution in [0.4, 0.5) is 11.4 Å². The van der Waals surface area contributed by atoms with Crippen LogP contribution >= 0.6 is 11.8 Å². The third-order valence-electron chi connectivity index (χ3n) is 4.37. The topological polar surface area (TPSA) is 150 Å². The molecular formula is C18H19N5O5S2. The number of rotatable bonds is 7. The van der Waals surface area contributed by atoms with E-state index in [1.165, 1.54) is 36.0 Å². The smallest absolute Gasteiger partial charge is 0.271 e. The van der Waals surface area contributed by atoms with Crippen molar-refractivity contribution < 1.29 is 18.1 Å². The van der Waals surface area contributed by atoms with E-state index in [1.807, 2.05) is 11.5 Å². The first kappa shape index (κ1) is 21.7. The van der Waals surface area contributed by atoms with Crippen LogP contribution in [-0.4, -0.2) is 34.6 Å². The van der Waals surface area contributed by atoms with Crippen LogP contribution in [0.1, 0.15) is 12.5 Å². The van der Waals surface area contributed by atoms with Crippen LogP contribution < -0.4 is 10.5 Å². The monoisotopic (exact) mass is 449 g/mol. The standard InChI is InChI=1S/C18H19N5O5S2/c1-3-22-16-7-6-13(30(19,27)28)9-15(16)21-18(22)29-10-17(24)20-14-8-12(23(25)26)5-4-11(14)2/h4-9H,3,10H2,1-2H3,(H,20,24)(H2,19,27,28). The Morgan fingerprint density at radius 2 is 2.03 bits per heavy atom. The molecule has 2 aromatic carbocycles. The molecule has 3 rings (SSSR count). The number of nitrogens with two attached hydrogens (primary N) is 1. The van der Waals surface area contributed by atoms with Crippen molar-refractivity contribution in [2.75, 3.05) is 11.1 Å². The molecule has 1 amide bonds. The van der Waals surface area contributed by atoms with Crippen molar-refractivity contribution in [2.24, 2.45) is 5.14 Å². The molecule has 0 aliphatic heterocycles. The zero-order chi connectivity index (χ0) is 22.1. The van der Waals surface area contributed by atoms with Gasteiger partial charge in [0.15, 0.2) is 5.16 Å². The number of benzene rings is 2. The van der Waals surface area contributed by atoms with Crippen molar-refractivity contribution in [1.29, 1.82) is 0 Å². The van der Waals surface area contributed by atoms with Crippen LogP contribution in [0.3, 0.4) is 0 Å². The van der Waals surface area contributed by atoms with Crippen LogP contribution in [0.2, 0.25) is 0 Å². The van der Waals surface area contributed by atoms with Gasteiger partial charge in [-0.2, -0.15) is 0 Å². The van der Waals surface area contributed by atoms with Gasteiger partial charge in [0, 0.05) is 18.7 Å². The summed E-state index contributed by atoms with van der Waals surface area (Å²) in [5, 5.41) is 19.3. The molecule has 3 aromatic rings. The highest BCUT2D eigenvalue weighted by molar-refractivity contribution is 7.99. The number of fused-ring (bicyclic) bond motifs is 1. The molecule has 158 valence electrons. The SMILES string of the molecule is CCn1c(SCC(=O)Nc2cc([N+](=O)[O-])ccc2C)nc2cc(S(N)(=O)=O)ccc21. The van der Waals surface area contributed by atoms with Gasteiger partial charge in [-0.15, -0.1) is 0 Å². The highest BCUT2D eigenvalue weighted by atomic mass is 32.2. The number of imidazole rings is 1. The Morgan fingerprint density at radius 1 is 1.30 bits per heavy atom. The quantitative estimate of drug-likeness (QED) is 0.320. The third-order valence-corrected chi connectivity index (χ3v) is 6.26. The maximum atomic E-state index is 12.4. The fourth-order valence-electron chi connectivity index (χ4n) is 2.85. The van der Waals surface area contributed by atoms with Crippen molar-refractivity contribution in [2.45, 2.75) is 30.4 Å². The first-order valence-electron chi connectivity index (χ1n) is 8.81. The summed E-state index contributed by atoms with van der Waals surface area (Å²) < 4.78 is 25.0. The fraction of sp³-hybridized carbons (Fsp3) is 0.222. The molecule has 0 saturated carbocycles. The number of aromatic nitrogens is 2. The van der Waals surface area contributed by atoms with E-state index in [-0.39, 0.29) is 22.2 Å². The number of non-ortho nitro benzene ring substituents is 1. The van der Waals surface area contributed by atoms with Crippen molar-refractivity contribution in [3.8, 4) is 0 Å². The van der Waals surface area contributed by atoms with Gasteiger partial charge < -0.3 is 9.88 Å². The van der Waals surface area contributed by atoms with Crippen molar-refractivity contribution >= 4 is 50.1 Å². The number of carbonyl (C=O) groups is 1. The number of amides is 1. The number of anilines is 1. The van der Waals surface area contributed by atoms with Gasteiger partial charge in [-0.3, -0.25) is 14.9 Å². The summed E-state index contributed by atoms with van der Waals surface area (Å²) in [6, 6.07) is 8.70. The summed E-state index contributed by atoms with van der Waals surface area (Å²) >= 11 is 1.18. The molecule has 1 heterocycles. The molecule has 0 radical (unpaired) electrons. The van der Waals surface area contributed by atoms with Crippen molar-refractivity contribution in [3.05, 3.63) is 52.1 Å². The van der Waals surface area contributed by atoms with Crippen molar-refractivity contribution in [3.63, 3.8) is 0 Å². The first-order valence-corrected chi connectivity index (χ1v) is 11.3. The average Bonchev–Trinajstić information content (AvgIpc) is 3.03. The van der Waals surface area contributed by atoms with Gasteiger partial charge in [0.1, 0.15) is 0 Å². The number of aryl methyl sites for hydroxylation is 2. The molecule has 0 saturated heterocycles. The molecule has 30 heavy (non-hydrogen) atoms. The number of sulfonamides is 1. The Bertz CT molecular complexity index is 1250. The summed E-state index contributed by atoms with van der Waals surface area (Å²) in [5.41, 5.74) is 2.15. The Morgan fingerprint density at radius 3 is 2.67 bits per heavy atom. The molecule has 0 bridgehead atoms. The third kappa shape index (κ3) is 4.61. The number of carbonyl (C=O) groups excluding carboxylic acids is 1. The summed E-state index contributed by atoms with van der Waals surface area (Å²) in [7, 11) is -3.85. The van der Waals surface area contributed by atoms with E-state index in [1.54, 1.807) is 19.1 Å². The van der Waals surface area contributed by atoms with Gasteiger partial charge in [0.25, 0.3) is 5.69 Å². The molecule has 0 aliphatic rings. The predicted octanol–water partition coefficient (Wildman–Crippen LogP) is 2.65. The highest BCUT2D eigenvalue weighted by Gasteiger charge is 2.16. The van der Waals surface area contributed by atoms with E-state index in [0.717, 1.165) is 5.52 Å². The Labute approximate surface area is 176 Å². The molecular weight excluding hydrogens is 430 g/mol. The molecule has 0 aliphatic carbocycles. The summed E-state index contributed by atoms with van der Waals surface area (Å²) in [6.45, 7) is 4.22. The second-order valence-corrected chi connectivity index (χ2v) is 8.93. The Kier molecular flexibility index (Phi) is 6.10. The van der Waals surface area contributed by atoms with Gasteiger partial charge in [-0.1, -0.05) is 17.8 Å². The first-order chi connectivity index (χ1) is 14.1. The highest BCUT2D eigenvalue weighted by Crippen LogP contribution is 2.27. The van der Waals surface area contributed by atoms with Crippen LogP contribution in [0, 0.1) is 17.0 Å². The number of nitro groups is 1. The maximum Gasteiger partial charge on any atom is 0.271 e. The van der Waals surface area contributed by atoms with Gasteiger partial charge >= 0.3 is 0 Å². The van der Waals surface area contributed by atoms with Gasteiger partial charge in [-0.05, 0) is 37.6 Å². The lowest BCUT2D eigenvalue weighted by molar-refractivity contribution is -0.384. The minimum Gasteiger partial charge on any atom is -0.325 e. The van der Waals surface area contributed by atoms with Crippen LogP contribution in [-0.2, 0) is 21.4 Å². The minimum absolute atomic E-state index is 0.0213. The lowest BCUT2D eigenvalue weighted by atomic mass is 10.2. The second-order valence-electron chi connectivity index (χ2n) is 6.43. The van der Waals surface area contributed by atoms with Gasteiger partial charge in [0.05, 0.1) is 32.3 Å². The number of nitro benzene ring substituents is 1. The zero-order valence-electron chi connectivity index (χ0n) is 16.2. The second kappa shape index (κ2) is 8.42. The molecule has 0 atom stereocenters. The normalized spacial score (nSPS) is 11.6. The summed E-state index contributed by atoms with van der Waals surface area (Å²) in [5.74, 6) is -0.323. The van der Waals surface area contributed by atoms with Gasteiger partial charge in [0.2, 0.25) is 15.9 Å². The van der Waals surface area contributed by atoms with Crippen LogP contribution in [0.25, 0.3) is 11.0 Å². The Balaban J connectivity index is 1.79. The van der Waals surface area contributed by atoms with E-state index < -0.39 is 14.9 Å². The summed E-state index contributed by atoms with van der Waals surface area (Å²) in [6.07, 6.45) is 0. The van der Waals surface area contributed by atoms with Crippen LogP contribution in [0.5, 0.6) is 0 Å². The number of nitrogens with one attached hydrogen (secondary N) is 1. The van der Waals surface area contributed by atoms with Crippen LogP contribution in [0.15, 0.2) is 46.5 Å². The van der Waals surface area contributed by atoms with E-state index in [4.69, 9.17) is 5.14 Å². The fourth-order valence-corrected chi connectivity index (χ4v) is 4.27. The van der Waals surface area contributed by atoms with E-state index in [2.05, 4.69) is 10.3 Å². The average molecular weight is 450 g/mol. The minimum atomic E-state index is -3.85. The molecule has 0 spiro atoms. The molecule has 10 nitrogen and oxygen atoms in total. The van der Waals surface area contributed by atoms with Gasteiger partial charge in [-0.25, -0.2) is 18.5 Å². The molecule has 0 unspecified atom stereocenters. The largest absolute Gasteiger partial charge is 0.325 e. The molecule has 3 N–H and O–H groups in total. The lowest BCUT2D eigenvalue weighted by Crippen LogP contribution is -2.15. The molecule has 1 aromatic heterocycles. The van der Waals surface area contributed by atoms with E-state index in [0.29, 0.717) is 28.5 Å². The number of hydrogen-bond donors (Lipinski definition) is 2. The molecule has 0 fully saturated rings. The number of thioether (sulfide) groups is 1.